The summed E-state index contributed by atoms with van der Waals surface area (Å²) in [6.45, 7) is 7.01. The summed E-state index contributed by atoms with van der Waals surface area (Å²) in [7, 11) is 0. The molecule has 90 valence electrons. The Balaban J connectivity index is 1.68. The summed E-state index contributed by atoms with van der Waals surface area (Å²) in [5, 5.41) is 3.53. The zero-order chi connectivity index (χ0) is 11.4. The van der Waals surface area contributed by atoms with Crippen LogP contribution in [-0.4, -0.2) is 12.6 Å². The Bertz CT molecular complexity index is 317. The highest BCUT2D eigenvalue weighted by molar-refractivity contribution is 7.11. The van der Waals surface area contributed by atoms with Crippen molar-refractivity contribution >= 4 is 11.3 Å². The van der Waals surface area contributed by atoms with E-state index in [0.717, 1.165) is 25.8 Å². The standard InChI is InChI=1S/C13H21NOS/c1-10(2)8-15-9-13-6-5-12(16-13)7-14-11-3-4-11/h5-6,10-11,14H,3-4,7-9H2,1-2H3. The topological polar surface area (TPSA) is 21.3 Å². The van der Waals surface area contributed by atoms with Crippen molar-refractivity contribution in [1.82, 2.24) is 5.32 Å². The average molecular weight is 239 g/mol. The molecule has 0 saturated heterocycles. The zero-order valence-electron chi connectivity index (χ0n) is 10.2. The summed E-state index contributed by atoms with van der Waals surface area (Å²) in [5.41, 5.74) is 0. The molecule has 1 heterocycles. The lowest BCUT2D eigenvalue weighted by Crippen LogP contribution is -2.14. The number of hydrogen-bond donors (Lipinski definition) is 1. The van der Waals surface area contributed by atoms with Gasteiger partial charge < -0.3 is 10.1 Å². The largest absolute Gasteiger partial charge is 0.376 e. The lowest BCUT2D eigenvalue weighted by Gasteiger charge is -2.04. The van der Waals surface area contributed by atoms with Gasteiger partial charge in [0.15, 0.2) is 0 Å². The molecule has 1 saturated carbocycles. The van der Waals surface area contributed by atoms with E-state index in [1.165, 1.54) is 22.6 Å². The molecular weight excluding hydrogens is 218 g/mol. The van der Waals surface area contributed by atoms with E-state index >= 15 is 0 Å². The SMILES string of the molecule is CC(C)COCc1ccc(CNC2CC2)s1. The van der Waals surface area contributed by atoms with Gasteiger partial charge in [0.05, 0.1) is 6.61 Å². The molecule has 0 bridgehead atoms. The van der Waals surface area contributed by atoms with Crippen LogP contribution in [0.4, 0.5) is 0 Å². The van der Waals surface area contributed by atoms with Gasteiger partial charge in [-0.1, -0.05) is 13.8 Å². The first-order chi connectivity index (χ1) is 7.74. The van der Waals surface area contributed by atoms with Gasteiger partial charge in [0.2, 0.25) is 0 Å². The third kappa shape index (κ3) is 4.24. The number of thiophene rings is 1. The first kappa shape index (κ1) is 12.1. The van der Waals surface area contributed by atoms with Gasteiger partial charge >= 0.3 is 0 Å². The monoisotopic (exact) mass is 239 g/mol. The summed E-state index contributed by atoms with van der Waals surface area (Å²) >= 11 is 1.87. The molecule has 0 spiro atoms. The fourth-order valence-corrected chi connectivity index (χ4v) is 2.43. The second kappa shape index (κ2) is 5.80. The van der Waals surface area contributed by atoms with E-state index < -0.39 is 0 Å². The lowest BCUT2D eigenvalue weighted by molar-refractivity contribution is 0.0989. The molecule has 0 aromatic carbocycles. The fourth-order valence-electron chi connectivity index (χ4n) is 1.52. The van der Waals surface area contributed by atoms with Crippen molar-refractivity contribution < 1.29 is 4.74 Å². The van der Waals surface area contributed by atoms with Gasteiger partial charge in [-0.25, -0.2) is 0 Å². The van der Waals surface area contributed by atoms with E-state index in [4.69, 9.17) is 4.74 Å². The number of hydrogen-bond acceptors (Lipinski definition) is 3. The summed E-state index contributed by atoms with van der Waals surface area (Å²) < 4.78 is 5.62. The molecule has 3 heteroatoms. The maximum Gasteiger partial charge on any atom is 0.0809 e. The second-order valence-corrected chi connectivity index (χ2v) is 6.19. The predicted molar refractivity (Wildman–Crippen MR) is 68.7 cm³/mol. The highest BCUT2D eigenvalue weighted by Crippen LogP contribution is 2.22. The van der Waals surface area contributed by atoms with Crippen molar-refractivity contribution in [2.45, 2.75) is 45.9 Å². The molecule has 1 aromatic rings. The Labute approximate surface area is 102 Å². The average Bonchev–Trinajstić information content (AvgIpc) is 2.96. The van der Waals surface area contributed by atoms with Crippen LogP contribution in [0.25, 0.3) is 0 Å². The third-order valence-corrected chi connectivity index (χ3v) is 3.61. The summed E-state index contributed by atoms with van der Waals surface area (Å²) in [4.78, 5) is 2.77. The third-order valence-electron chi connectivity index (χ3n) is 2.56. The Hall–Kier alpha value is -0.380. The van der Waals surface area contributed by atoms with E-state index in [9.17, 15) is 0 Å². The summed E-state index contributed by atoms with van der Waals surface area (Å²) in [5.74, 6) is 0.621. The smallest absolute Gasteiger partial charge is 0.0809 e. The van der Waals surface area contributed by atoms with Crippen LogP contribution >= 0.6 is 11.3 Å². The van der Waals surface area contributed by atoms with Crippen molar-refractivity contribution in [3.8, 4) is 0 Å². The summed E-state index contributed by atoms with van der Waals surface area (Å²) in [6.07, 6.45) is 2.71. The van der Waals surface area contributed by atoms with E-state index in [1.54, 1.807) is 0 Å². The van der Waals surface area contributed by atoms with Crippen molar-refractivity contribution in [1.29, 1.82) is 0 Å². The minimum absolute atomic E-state index is 0.621. The van der Waals surface area contributed by atoms with Gasteiger partial charge in [0.25, 0.3) is 0 Å². The maximum atomic E-state index is 5.62. The van der Waals surface area contributed by atoms with E-state index in [1.807, 2.05) is 11.3 Å². The van der Waals surface area contributed by atoms with Crippen LogP contribution in [0.3, 0.4) is 0 Å². The minimum Gasteiger partial charge on any atom is -0.376 e. The Kier molecular flexibility index (Phi) is 4.38. The highest BCUT2D eigenvalue weighted by atomic mass is 32.1. The number of rotatable bonds is 7. The normalized spacial score (nSPS) is 15.9. The maximum absolute atomic E-state index is 5.62. The van der Waals surface area contributed by atoms with Crippen LogP contribution in [-0.2, 0) is 17.9 Å². The molecule has 2 nitrogen and oxygen atoms in total. The molecule has 0 radical (unpaired) electrons. The molecule has 1 aliphatic carbocycles. The summed E-state index contributed by atoms with van der Waals surface area (Å²) in [6, 6.07) is 5.20. The molecule has 16 heavy (non-hydrogen) atoms. The van der Waals surface area contributed by atoms with Crippen molar-refractivity contribution in [2.75, 3.05) is 6.61 Å². The zero-order valence-corrected chi connectivity index (χ0v) is 11.0. The molecular formula is C13H21NOS. The minimum atomic E-state index is 0.621. The number of nitrogens with one attached hydrogen (secondary N) is 1. The van der Waals surface area contributed by atoms with Gasteiger partial charge in [-0.3, -0.25) is 0 Å². The Morgan fingerprint density at radius 1 is 1.38 bits per heavy atom. The van der Waals surface area contributed by atoms with Crippen LogP contribution in [0.5, 0.6) is 0 Å². The lowest BCUT2D eigenvalue weighted by atomic mass is 10.2. The first-order valence-electron chi connectivity index (χ1n) is 6.13. The van der Waals surface area contributed by atoms with Crippen LogP contribution in [0.2, 0.25) is 0 Å². The van der Waals surface area contributed by atoms with Crippen LogP contribution in [0, 0.1) is 5.92 Å². The molecule has 0 atom stereocenters. The van der Waals surface area contributed by atoms with Gasteiger partial charge in [-0.05, 0) is 30.9 Å². The van der Waals surface area contributed by atoms with Gasteiger partial charge in [0.1, 0.15) is 0 Å². The van der Waals surface area contributed by atoms with Gasteiger partial charge in [-0.15, -0.1) is 11.3 Å². The van der Waals surface area contributed by atoms with Crippen molar-refractivity contribution in [3.63, 3.8) is 0 Å². The van der Waals surface area contributed by atoms with Crippen LogP contribution in [0.15, 0.2) is 12.1 Å². The Morgan fingerprint density at radius 2 is 2.12 bits per heavy atom. The van der Waals surface area contributed by atoms with Crippen LogP contribution < -0.4 is 5.32 Å². The highest BCUT2D eigenvalue weighted by Gasteiger charge is 2.20. The predicted octanol–water partition coefficient (Wildman–Crippen LogP) is 3.17. The van der Waals surface area contributed by atoms with Gasteiger partial charge in [-0.2, -0.15) is 0 Å². The molecule has 1 aliphatic rings. The molecule has 1 aromatic heterocycles. The number of ether oxygens (including phenoxy) is 1. The van der Waals surface area contributed by atoms with Gasteiger partial charge in [0, 0.05) is 28.9 Å². The molecule has 0 unspecified atom stereocenters. The first-order valence-corrected chi connectivity index (χ1v) is 6.94. The fraction of sp³-hybridized carbons (Fsp3) is 0.692. The van der Waals surface area contributed by atoms with E-state index in [2.05, 4.69) is 31.3 Å². The Morgan fingerprint density at radius 3 is 2.81 bits per heavy atom. The quantitative estimate of drug-likeness (QED) is 0.789. The van der Waals surface area contributed by atoms with Crippen LogP contribution in [0.1, 0.15) is 36.4 Å². The molecule has 2 rings (SSSR count). The molecule has 1 fully saturated rings. The second-order valence-electron chi connectivity index (χ2n) is 4.93. The van der Waals surface area contributed by atoms with Crippen molar-refractivity contribution in [2.24, 2.45) is 5.92 Å². The molecule has 0 amide bonds. The van der Waals surface area contributed by atoms with Crippen molar-refractivity contribution in [3.05, 3.63) is 21.9 Å². The van der Waals surface area contributed by atoms with E-state index in [-0.39, 0.29) is 0 Å². The molecule has 1 N–H and O–H groups in total. The molecule has 0 aliphatic heterocycles. The van der Waals surface area contributed by atoms with E-state index in [0.29, 0.717) is 5.92 Å².